The highest BCUT2D eigenvalue weighted by atomic mass is 16.2. The van der Waals surface area contributed by atoms with Gasteiger partial charge in [-0.2, -0.15) is 0 Å². The van der Waals surface area contributed by atoms with Gasteiger partial charge in [0, 0.05) is 17.9 Å². The summed E-state index contributed by atoms with van der Waals surface area (Å²) in [6.45, 7) is 4.61. The van der Waals surface area contributed by atoms with Gasteiger partial charge in [-0.1, -0.05) is 36.4 Å². The van der Waals surface area contributed by atoms with Crippen LogP contribution in [0.15, 0.2) is 60.7 Å². The fourth-order valence-electron chi connectivity index (χ4n) is 3.64. The van der Waals surface area contributed by atoms with Crippen molar-refractivity contribution in [2.75, 3.05) is 16.8 Å². The molecule has 4 rings (SSSR count). The summed E-state index contributed by atoms with van der Waals surface area (Å²) in [5, 5.41) is 2.90. The maximum atomic E-state index is 13.1. The van der Waals surface area contributed by atoms with Gasteiger partial charge in [0.05, 0.1) is 0 Å². The van der Waals surface area contributed by atoms with Crippen molar-refractivity contribution < 1.29 is 9.59 Å². The van der Waals surface area contributed by atoms with Gasteiger partial charge in [0.2, 0.25) is 0 Å². The van der Waals surface area contributed by atoms with Crippen LogP contribution in [0.1, 0.15) is 44.1 Å². The lowest BCUT2D eigenvalue weighted by Crippen LogP contribution is -2.36. The summed E-state index contributed by atoms with van der Waals surface area (Å²) in [6.07, 6.45) is 1.88. The zero-order chi connectivity index (χ0) is 20.4. The number of rotatable bonds is 3. The topological polar surface area (TPSA) is 62.3 Å². The number of anilines is 2. The van der Waals surface area contributed by atoms with Crippen molar-refractivity contribution in [3.63, 3.8) is 0 Å². The first-order chi connectivity index (χ1) is 14.0. The highest BCUT2D eigenvalue weighted by Gasteiger charge is 2.24. The fourth-order valence-corrected chi connectivity index (χ4v) is 3.64. The van der Waals surface area contributed by atoms with E-state index in [1.54, 1.807) is 23.1 Å². The summed E-state index contributed by atoms with van der Waals surface area (Å²) in [4.78, 5) is 32.0. The molecule has 5 heteroatoms. The molecule has 2 heterocycles. The highest BCUT2D eigenvalue weighted by Crippen LogP contribution is 2.28. The molecule has 0 spiro atoms. The lowest BCUT2D eigenvalue weighted by Gasteiger charge is -2.29. The van der Waals surface area contributed by atoms with E-state index in [0.717, 1.165) is 40.9 Å². The zero-order valence-electron chi connectivity index (χ0n) is 16.6. The third-order valence-corrected chi connectivity index (χ3v) is 5.41. The molecule has 1 aliphatic rings. The van der Waals surface area contributed by atoms with Crippen LogP contribution in [0.5, 0.6) is 0 Å². The molecule has 0 bridgehead atoms. The smallest absolute Gasteiger partial charge is 0.276 e. The van der Waals surface area contributed by atoms with Crippen molar-refractivity contribution in [2.24, 2.45) is 0 Å². The van der Waals surface area contributed by atoms with Crippen LogP contribution >= 0.6 is 0 Å². The van der Waals surface area contributed by atoms with E-state index >= 15 is 0 Å². The number of nitrogens with one attached hydrogen (secondary N) is 1. The minimum Gasteiger partial charge on any atom is -0.320 e. The summed E-state index contributed by atoms with van der Waals surface area (Å²) >= 11 is 0. The number of hydrogen-bond acceptors (Lipinski definition) is 3. The van der Waals surface area contributed by atoms with Crippen molar-refractivity contribution in [3.05, 3.63) is 88.7 Å². The Labute approximate surface area is 170 Å². The molecular formula is C24H23N3O2. The molecule has 1 N–H and O–H groups in total. The monoisotopic (exact) mass is 385 g/mol. The second kappa shape index (κ2) is 7.87. The molecule has 1 aliphatic heterocycles. The van der Waals surface area contributed by atoms with Crippen molar-refractivity contribution >= 4 is 23.2 Å². The fraction of sp³-hybridized carbons (Fsp3) is 0.208. The van der Waals surface area contributed by atoms with Crippen LogP contribution in [0.25, 0.3) is 0 Å². The van der Waals surface area contributed by atoms with Gasteiger partial charge in [0.1, 0.15) is 11.4 Å². The maximum absolute atomic E-state index is 13.1. The van der Waals surface area contributed by atoms with E-state index in [2.05, 4.69) is 16.4 Å². The number of hydrogen-bond donors (Lipinski definition) is 1. The Bertz CT molecular complexity index is 1090. The Morgan fingerprint density at radius 1 is 0.931 bits per heavy atom. The molecule has 5 nitrogen and oxygen atoms in total. The van der Waals surface area contributed by atoms with Gasteiger partial charge >= 0.3 is 0 Å². The number of pyridine rings is 1. The first-order valence-electron chi connectivity index (χ1n) is 9.79. The molecule has 0 saturated heterocycles. The number of fused-ring (bicyclic) bond motifs is 1. The normalized spacial score (nSPS) is 13.0. The number of carbonyl (C=O) groups excluding carboxylic acids is 2. The summed E-state index contributed by atoms with van der Waals surface area (Å²) in [5.41, 5.74) is 5.45. The first-order valence-corrected chi connectivity index (χ1v) is 9.79. The molecule has 0 radical (unpaired) electrons. The number of amides is 2. The summed E-state index contributed by atoms with van der Waals surface area (Å²) in [7, 11) is 0. The minimum atomic E-state index is -0.326. The van der Waals surface area contributed by atoms with E-state index < -0.39 is 0 Å². The molecule has 0 unspecified atom stereocenters. The maximum Gasteiger partial charge on any atom is 0.276 e. The van der Waals surface area contributed by atoms with Crippen LogP contribution in [-0.2, 0) is 6.42 Å². The third-order valence-electron chi connectivity index (χ3n) is 5.41. The van der Waals surface area contributed by atoms with Crippen LogP contribution in [0.4, 0.5) is 11.4 Å². The van der Waals surface area contributed by atoms with E-state index in [-0.39, 0.29) is 23.2 Å². The Morgan fingerprint density at radius 3 is 2.55 bits per heavy atom. The van der Waals surface area contributed by atoms with E-state index in [4.69, 9.17) is 0 Å². The largest absolute Gasteiger partial charge is 0.320 e. The van der Waals surface area contributed by atoms with Gasteiger partial charge in [0.15, 0.2) is 0 Å². The molecular weight excluding hydrogens is 362 g/mol. The number of aryl methyl sites for hydroxylation is 2. The predicted molar refractivity (Wildman–Crippen MR) is 115 cm³/mol. The zero-order valence-corrected chi connectivity index (χ0v) is 16.6. The molecule has 2 amide bonds. The van der Waals surface area contributed by atoms with E-state index in [1.165, 1.54) is 0 Å². The molecule has 3 aromatic rings. The lowest BCUT2D eigenvalue weighted by atomic mass is 10.0. The van der Waals surface area contributed by atoms with Gasteiger partial charge < -0.3 is 10.2 Å². The summed E-state index contributed by atoms with van der Waals surface area (Å²) in [6, 6.07) is 18.7. The molecule has 29 heavy (non-hydrogen) atoms. The highest BCUT2D eigenvalue weighted by molar-refractivity contribution is 6.07. The van der Waals surface area contributed by atoms with Crippen molar-refractivity contribution in [2.45, 2.75) is 26.7 Å². The van der Waals surface area contributed by atoms with Gasteiger partial charge in [-0.05, 0) is 67.6 Å². The second-order valence-corrected chi connectivity index (χ2v) is 7.30. The minimum absolute atomic E-state index is 0.182. The molecule has 0 fully saturated rings. The number of para-hydroxylation sites is 1. The Kier molecular flexibility index (Phi) is 5.12. The van der Waals surface area contributed by atoms with Crippen LogP contribution in [-0.4, -0.2) is 23.3 Å². The molecule has 0 saturated carbocycles. The Morgan fingerprint density at radius 2 is 1.69 bits per heavy atom. The molecule has 2 aromatic carbocycles. The second-order valence-electron chi connectivity index (χ2n) is 7.30. The lowest BCUT2D eigenvalue weighted by molar-refractivity contribution is 0.0980. The van der Waals surface area contributed by atoms with Crippen molar-refractivity contribution in [1.29, 1.82) is 0 Å². The number of nitrogens with zero attached hydrogens (tertiary/aromatic N) is 2. The predicted octanol–water partition coefficient (Wildman–Crippen LogP) is 4.54. The van der Waals surface area contributed by atoms with E-state index in [0.29, 0.717) is 6.54 Å². The number of benzene rings is 2. The SMILES string of the molecule is Cc1cccc(NC(=O)c2cccc(C(=O)N3CCCc4ccccc43)n2)c1C. The van der Waals surface area contributed by atoms with Gasteiger partial charge in [-0.15, -0.1) is 0 Å². The van der Waals surface area contributed by atoms with Crippen LogP contribution in [0.3, 0.4) is 0 Å². The molecule has 1 aromatic heterocycles. The van der Waals surface area contributed by atoms with Gasteiger partial charge in [-0.3, -0.25) is 9.59 Å². The quantitative estimate of drug-likeness (QED) is 0.720. The number of aromatic nitrogens is 1. The standard InChI is InChI=1S/C24H23N3O2/c1-16-8-5-11-19(17(16)2)26-23(28)20-12-6-13-21(25-20)24(29)27-15-7-10-18-9-3-4-14-22(18)27/h3-6,8-9,11-14H,7,10,15H2,1-2H3,(H,26,28). The molecule has 0 atom stereocenters. The van der Waals surface area contributed by atoms with Crippen molar-refractivity contribution in [1.82, 2.24) is 4.98 Å². The third kappa shape index (κ3) is 3.76. The first kappa shape index (κ1) is 18.9. The number of carbonyl (C=O) groups is 2. The average molecular weight is 385 g/mol. The van der Waals surface area contributed by atoms with Crippen LogP contribution in [0.2, 0.25) is 0 Å². The van der Waals surface area contributed by atoms with E-state index in [1.807, 2.05) is 50.2 Å². The Balaban J connectivity index is 1.58. The van der Waals surface area contributed by atoms with Crippen LogP contribution < -0.4 is 10.2 Å². The molecule has 0 aliphatic carbocycles. The molecule has 146 valence electrons. The Hall–Kier alpha value is -3.47. The average Bonchev–Trinajstić information content (AvgIpc) is 2.76. The summed E-state index contributed by atoms with van der Waals surface area (Å²) in [5.74, 6) is -0.508. The van der Waals surface area contributed by atoms with E-state index in [9.17, 15) is 9.59 Å². The van der Waals surface area contributed by atoms with Gasteiger partial charge in [0.25, 0.3) is 11.8 Å². The van der Waals surface area contributed by atoms with Crippen LogP contribution in [0, 0.1) is 13.8 Å². The van der Waals surface area contributed by atoms with Crippen molar-refractivity contribution in [3.8, 4) is 0 Å². The van der Waals surface area contributed by atoms with Gasteiger partial charge in [-0.25, -0.2) is 4.98 Å². The summed E-state index contributed by atoms with van der Waals surface area (Å²) < 4.78 is 0.